The van der Waals surface area contributed by atoms with E-state index in [0.29, 0.717) is 13.2 Å². The molecule has 0 saturated carbocycles. The first-order chi connectivity index (χ1) is 10.1. The Balaban J connectivity index is 1.74. The van der Waals surface area contributed by atoms with Gasteiger partial charge in [0.05, 0.1) is 7.11 Å². The summed E-state index contributed by atoms with van der Waals surface area (Å²) < 4.78 is 16.4. The molecule has 0 aliphatic carbocycles. The lowest BCUT2D eigenvalue weighted by Gasteiger charge is -2.33. The van der Waals surface area contributed by atoms with Crippen LogP contribution in [0, 0.1) is 0 Å². The summed E-state index contributed by atoms with van der Waals surface area (Å²) in [4.78, 5) is 1.37. The van der Waals surface area contributed by atoms with Crippen molar-refractivity contribution in [3.63, 3.8) is 0 Å². The average Bonchev–Trinajstić information content (AvgIpc) is 2.44. The number of morpholine rings is 1. The van der Waals surface area contributed by atoms with Crippen LogP contribution in [0.5, 0.6) is 11.5 Å². The van der Waals surface area contributed by atoms with Crippen molar-refractivity contribution in [1.29, 1.82) is 0 Å². The largest absolute Gasteiger partial charge is 0.497 e. The molecular formula is C16H26NO4+. The van der Waals surface area contributed by atoms with Gasteiger partial charge in [0.15, 0.2) is 0 Å². The van der Waals surface area contributed by atoms with Crippen molar-refractivity contribution in [3.05, 3.63) is 24.3 Å². The first kappa shape index (κ1) is 16.1. The van der Waals surface area contributed by atoms with E-state index in [1.807, 2.05) is 24.3 Å². The van der Waals surface area contributed by atoms with Crippen LogP contribution in [-0.4, -0.2) is 56.8 Å². The van der Waals surface area contributed by atoms with Crippen molar-refractivity contribution in [2.24, 2.45) is 0 Å². The van der Waals surface area contributed by atoms with Gasteiger partial charge in [-0.2, -0.15) is 0 Å². The number of quaternary nitrogens is 1. The van der Waals surface area contributed by atoms with E-state index >= 15 is 0 Å². The lowest BCUT2D eigenvalue weighted by molar-refractivity contribution is -0.918. The van der Waals surface area contributed by atoms with Gasteiger partial charge in [0.1, 0.15) is 56.1 Å². The Labute approximate surface area is 126 Å². The van der Waals surface area contributed by atoms with Crippen LogP contribution in [0.3, 0.4) is 0 Å². The molecule has 0 radical (unpaired) electrons. The van der Waals surface area contributed by atoms with Crippen molar-refractivity contribution in [3.8, 4) is 11.5 Å². The highest BCUT2D eigenvalue weighted by Gasteiger charge is 2.27. The first-order valence-corrected chi connectivity index (χ1v) is 7.50. The highest BCUT2D eigenvalue weighted by atomic mass is 16.5. The molecule has 4 atom stereocenters. The Morgan fingerprint density at radius 1 is 1.19 bits per heavy atom. The Kier molecular flexibility index (Phi) is 5.85. The molecule has 2 N–H and O–H groups in total. The highest BCUT2D eigenvalue weighted by Crippen LogP contribution is 2.16. The molecule has 2 rings (SSSR count). The monoisotopic (exact) mass is 296 g/mol. The van der Waals surface area contributed by atoms with Crippen LogP contribution < -0.4 is 14.4 Å². The van der Waals surface area contributed by atoms with Crippen LogP contribution in [0.25, 0.3) is 0 Å². The molecule has 1 fully saturated rings. The van der Waals surface area contributed by atoms with E-state index < -0.39 is 6.10 Å². The Morgan fingerprint density at radius 3 is 2.33 bits per heavy atom. The SMILES string of the molecule is COc1ccc(OC[C@@H](O)C[NH+]2C[C@@H](C)O[C@@H](C)C2)cc1. The molecule has 0 amide bonds. The van der Waals surface area contributed by atoms with E-state index in [1.165, 1.54) is 4.90 Å². The summed E-state index contributed by atoms with van der Waals surface area (Å²) in [6, 6.07) is 7.38. The minimum atomic E-state index is -0.473. The predicted octanol–water partition coefficient (Wildman–Crippen LogP) is 0.127. The number of aliphatic hydroxyl groups excluding tert-OH is 1. The number of nitrogens with one attached hydrogen (secondary N) is 1. The molecule has 21 heavy (non-hydrogen) atoms. The third-order valence-electron chi connectivity index (χ3n) is 3.64. The lowest BCUT2D eigenvalue weighted by atomic mass is 10.2. The van der Waals surface area contributed by atoms with E-state index in [0.717, 1.165) is 24.6 Å². The summed E-state index contributed by atoms with van der Waals surface area (Å²) >= 11 is 0. The van der Waals surface area contributed by atoms with E-state index in [-0.39, 0.29) is 12.2 Å². The fourth-order valence-electron chi connectivity index (χ4n) is 2.81. The van der Waals surface area contributed by atoms with Crippen molar-refractivity contribution in [1.82, 2.24) is 0 Å². The second kappa shape index (κ2) is 7.64. The fourth-order valence-corrected chi connectivity index (χ4v) is 2.81. The maximum Gasteiger partial charge on any atom is 0.137 e. The minimum Gasteiger partial charge on any atom is -0.497 e. The third kappa shape index (κ3) is 5.19. The second-order valence-corrected chi connectivity index (χ2v) is 5.76. The molecule has 1 aliphatic rings. The van der Waals surface area contributed by atoms with Crippen LogP contribution in [0.15, 0.2) is 24.3 Å². The predicted molar refractivity (Wildman–Crippen MR) is 80.1 cm³/mol. The van der Waals surface area contributed by atoms with Gasteiger partial charge < -0.3 is 24.2 Å². The number of hydrogen-bond acceptors (Lipinski definition) is 4. The standard InChI is InChI=1S/C16H25NO4/c1-12-8-17(9-13(2)21-12)10-14(18)11-20-16-6-4-15(19-3)5-7-16/h4-7,12-14,18H,8-11H2,1-3H3/p+1/t12-,13+,14-/m0/s1. The molecule has 1 aromatic carbocycles. The molecule has 118 valence electrons. The summed E-state index contributed by atoms with van der Waals surface area (Å²) in [5, 5.41) is 10.1. The first-order valence-electron chi connectivity index (χ1n) is 7.50. The number of rotatable bonds is 6. The molecule has 1 aliphatic heterocycles. The molecule has 0 spiro atoms. The van der Waals surface area contributed by atoms with E-state index in [2.05, 4.69) is 13.8 Å². The van der Waals surface area contributed by atoms with Gasteiger partial charge in [-0.15, -0.1) is 0 Å². The molecule has 1 saturated heterocycles. The van der Waals surface area contributed by atoms with Crippen LogP contribution >= 0.6 is 0 Å². The van der Waals surface area contributed by atoms with Gasteiger partial charge in [-0.1, -0.05) is 0 Å². The molecule has 0 bridgehead atoms. The molecule has 5 heteroatoms. The number of benzene rings is 1. The summed E-state index contributed by atoms with van der Waals surface area (Å²) in [5.41, 5.74) is 0. The summed E-state index contributed by atoms with van der Waals surface area (Å²) in [5.74, 6) is 1.54. The van der Waals surface area contributed by atoms with Gasteiger partial charge in [0.25, 0.3) is 0 Å². The second-order valence-electron chi connectivity index (χ2n) is 5.76. The molecular weight excluding hydrogens is 270 g/mol. The fraction of sp³-hybridized carbons (Fsp3) is 0.625. The average molecular weight is 296 g/mol. The smallest absolute Gasteiger partial charge is 0.137 e. The van der Waals surface area contributed by atoms with E-state index in [1.54, 1.807) is 7.11 Å². The highest BCUT2D eigenvalue weighted by molar-refractivity contribution is 5.31. The number of aliphatic hydroxyl groups is 1. The molecule has 5 nitrogen and oxygen atoms in total. The van der Waals surface area contributed by atoms with Gasteiger partial charge in [-0.05, 0) is 38.1 Å². The van der Waals surface area contributed by atoms with Gasteiger partial charge in [0.2, 0.25) is 0 Å². The third-order valence-corrected chi connectivity index (χ3v) is 3.64. The normalized spacial score (nSPS) is 27.1. The minimum absolute atomic E-state index is 0.249. The zero-order chi connectivity index (χ0) is 15.2. The van der Waals surface area contributed by atoms with Crippen LogP contribution in [0.2, 0.25) is 0 Å². The van der Waals surface area contributed by atoms with Crippen molar-refractivity contribution < 1.29 is 24.2 Å². The molecule has 1 heterocycles. The zero-order valence-electron chi connectivity index (χ0n) is 13.0. The van der Waals surface area contributed by atoms with Crippen LogP contribution in [-0.2, 0) is 4.74 Å². The molecule has 0 aromatic heterocycles. The van der Waals surface area contributed by atoms with Crippen LogP contribution in [0.4, 0.5) is 0 Å². The maximum absolute atomic E-state index is 10.1. The van der Waals surface area contributed by atoms with Crippen molar-refractivity contribution >= 4 is 0 Å². The van der Waals surface area contributed by atoms with Crippen LogP contribution in [0.1, 0.15) is 13.8 Å². The van der Waals surface area contributed by atoms with Gasteiger partial charge in [-0.25, -0.2) is 0 Å². The quantitative estimate of drug-likeness (QED) is 0.783. The van der Waals surface area contributed by atoms with Gasteiger partial charge >= 0.3 is 0 Å². The topological polar surface area (TPSA) is 52.4 Å². The van der Waals surface area contributed by atoms with Crippen molar-refractivity contribution in [2.75, 3.05) is 33.4 Å². The number of hydrogen-bond donors (Lipinski definition) is 2. The molecule has 1 aromatic rings. The maximum atomic E-state index is 10.1. The summed E-state index contributed by atoms with van der Waals surface area (Å²) in [6.07, 6.45) is 0.0246. The van der Waals surface area contributed by atoms with E-state index in [4.69, 9.17) is 14.2 Å². The summed E-state index contributed by atoms with van der Waals surface area (Å²) in [7, 11) is 1.63. The van der Waals surface area contributed by atoms with Gasteiger partial charge in [-0.3, -0.25) is 0 Å². The molecule has 1 unspecified atom stereocenters. The number of ether oxygens (including phenoxy) is 3. The van der Waals surface area contributed by atoms with E-state index in [9.17, 15) is 5.11 Å². The number of methoxy groups -OCH3 is 1. The summed E-state index contributed by atoms with van der Waals surface area (Å²) in [6.45, 7) is 7.02. The lowest BCUT2D eigenvalue weighted by Crippen LogP contribution is -3.16. The van der Waals surface area contributed by atoms with Crippen molar-refractivity contribution in [2.45, 2.75) is 32.2 Å². The zero-order valence-corrected chi connectivity index (χ0v) is 13.0. The van der Waals surface area contributed by atoms with Gasteiger partial charge in [0, 0.05) is 0 Å². The Bertz CT molecular complexity index is 413. The Morgan fingerprint density at radius 2 is 1.76 bits per heavy atom. The Hall–Kier alpha value is -1.30.